The molecule has 0 spiro atoms. The predicted molar refractivity (Wildman–Crippen MR) is 75.4 cm³/mol. The van der Waals surface area contributed by atoms with Crippen LogP contribution in [0.25, 0.3) is 0 Å². The van der Waals surface area contributed by atoms with Gasteiger partial charge in [-0.25, -0.2) is 0 Å². The fourth-order valence-corrected chi connectivity index (χ4v) is 2.15. The Morgan fingerprint density at radius 1 is 1.00 bits per heavy atom. The highest BCUT2D eigenvalue weighted by molar-refractivity contribution is 6.33. The van der Waals surface area contributed by atoms with E-state index in [4.69, 9.17) is 22.1 Å². The Balaban J connectivity index is 2.48. The van der Waals surface area contributed by atoms with Crippen molar-refractivity contribution >= 4 is 23.0 Å². The van der Waals surface area contributed by atoms with Crippen LogP contribution in [0.3, 0.4) is 0 Å². The number of para-hydroxylation sites is 1. The molecule has 0 aromatic heterocycles. The van der Waals surface area contributed by atoms with Gasteiger partial charge in [0.25, 0.3) is 0 Å². The van der Waals surface area contributed by atoms with E-state index in [0.29, 0.717) is 16.1 Å². The highest BCUT2D eigenvalue weighted by Crippen LogP contribution is 2.32. The SMILES string of the molecule is CN(c1ccc(C#N)cc1Cl)c1ccccc1C#N. The number of rotatable bonds is 2. The first-order chi connectivity index (χ1) is 9.17. The van der Waals surface area contributed by atoms with E-state index >= 15 is 0 Å². The molecular formula is C15H10ClN3. The van der Waals surface area contributed by atoms with E-state index in [9.17, 15) is 0 Å². The molecule has 0 saturated carbocycles. The molecule has 4 heteroatoms. The molecule has 0 radical (unpaired) electrons. The van der Waals surface area contributed by atoms with Crippen LogP contribution in [0.5, 0.6) is 0 Å². The summed E-state index contributed by atoms with van der Waals surface area (Å²) in [6, 6.07) is 16.6. The normalized spacial score (nSPS) is 9.47. The molecule has 2 rings (SSSR count). The van der Waals surface area contributed by atoms with Crippen LogP contribution in [0.1, 0.15) is 11.1 Å². The number of nitrogens with zero attached hydrogens (tertiary/aromatic N) is 3. The summed E-state index contributed by atoms with van der Waals surface area (Å²) in [7, 11) is 1.84. The van der Waals surface area contributed by atoms with Gasteiger partial charge in [-0.2, -0.15) is 10.5 Å². The van der Waals surface area contributed by atoms with Gasteiger partial charge in [0.2, 0.25) is 0 Å². The van der Waals surface area contributed by atoms with E-state index in [1.807, 2.05) is 36.2 Å². The van der Waals surface area contributed by atoms with Crippen LogP contribution >= 0.6 is 11.6 Å². The van der Waals surface area contributed by atoms with Crippen LogP contribution < -0.4 is 4.90 Å². The predicted octanol–water partition coefficient (Wildman–Crippen LogP) is 3.85. The third kappa shape index (κ3) is 2.52. The van der Waals surface area contributed by atoms with Gasteiger partial charge in [-0.15, -0.1) is 0 Å². The topological polar surface area (TPSA) is 50.8 Å². The summed E-state index contributed by atoms with van der Waals surface area (Å²) in [5.74, 6) is 0. The Labute approximate surface area is 116 Å². The molecule has 0 amide bonds. The summed E-state index contributed by atoms with van der Waals surface area (Å²) < 4.78 is 0. The zero-order valence-corrected chi connectivity index (χ0v) is 11.0. The summed E-state index contributed by atoms with van der Waals surface area (Å²) >= 11 is 6.17. The lowest BCUT2D eigenvalue weighted by atomic mass is 10.1. The minimum absolute atomic E-state index is 0.481. The van der Waals surface area contributed by atoms with Crippen LogP contribution in [0.4, 0.5) is 11.4 Å². The molecule has 0 heterocycles. The van der Waals surface area contributed by atoms with Gasteiger partial charge in [-0.1, -0.05) is 23.7 Å². The number of hydrogen-bond acceptors (Lipinski definition) is 3. The standard InChI is InChI=1S/C15H10ClN3/c1-19(14-5-3-2-4-12(14)10-18)15-7-6-11(9-17)8-13(15)16/h2-8H,1H3. The molecule has 0 atom stereocenters. The van der Waals surface area contributed by atoms with Gasteiger partial charge in [0.05, 0.1) is 33.6 Å². The molecule has 0 fully saturated rings. The third-order valence-electron chi connectivity index (χ3n) is 2.82. The van der Waals surface area contributed by atoms with Crippen LogP contribution in [-0.2, 0) is 0 Å². The van der Waals surface area contributed by atoms with Crippen molar-refractivity contribution in [3.8, 4) is 12.1 Å². The second-order valence-corrected chi connectivity index (χ2v) is 4.37. The van der Waals surface area contributed by atoms with E-state index < -0.39 is 0 Å². The first kappa shape index (κ1) is 13.0. The Hall–Kier alpha value is -2.49. The molecule has 0 unspecified atom stereocenters. The Morgan fingerprint density at radius 2 is 1.74 bits per heavy atom. The maximum absolute atomic E-state index is 9.11. The van der Waals surface area contributed by atoms with Crippen LogP contribution in [0, 0.1) is 22.7 Å². The molecule has 2 aromatic carbocycles. The first-order valence-corrected chi connectivity index (χ1v) is 5.97. The summed E-state index contributed by atoms with van der Waals surface area (Å²) in [6.07, 6.45) is 0. The minimum atomic E-state index is 0.481. The Kier molecular flexibility index (Phi) is 3.71. The molecule has 19 heavy (non-hydrogen) atoms. The quantitative estimate of drug-likeness (QED) is 0.830. The molecule has 0 N–H and O–H groups in total. The Morgan fingerprint density at radius 3 is 2.37 bits per heavy atom. The number of hydrogen-bond donors (Lipinski definition) is 0. The lowest BCUT2D eigenvalue weighted by molar-refractivity contribution is 1.20. The van der Waals surface area contributed by atoms with Gasteiger partial charge in [-0.3, -0.25) is 0 Å². The van der Waals surface area contributed by atoms with Gasteiger partial charge < -0.3 is 4.90 Å². The van der Waals surface area contributed by atoms with Crippen LogP contribution in [0.15, 0.2) is 42.5 Å². The molecular weight excluding hydrogens is 258 g/mol. The molecule has 3 nitrogen and oxygen atoms in total. The van der Waals surface area contributed by atoms with Gasteiger partial charge >= 0.3 is 0 Å². The molecule has 0 saturated heterocycles. The van der Waals surface area contributed by atoms with Crippen molar-refractivity contribution in [1.82, 2.24) is 0 Å². The second kappa shape index (κ2) is 5.44. The lowest BCUT2D eigenvalue weighted by Crippen LogP contribution is -2.11. The summed E-state index contributed by atoms with van der Waals surface area (Å²) in [5.41, 5.74) is 2.61. The smallest absolute Gasteiger partial charge is 0.101 e. The number of anilines is 2. The van der Waals surface area contributed by atoms with Crippen molar-refractivity contribution in [3.05, 3.63) is 58.6 Å². The molecule has 92 valence electrons. The van der Waals surface area contributed by atoms with Crippen LogP contribution in [0.2, 0.25) is 5.02 Å². The first-order valence-electron chi connectivity index (χ1n) is 5.60. The number of nitriles is 2. The highest BCUT2D eigenvalue weighted by atomic mass is 35.5. The average Bonchev–Trinajstić information content (AvgIpc) is 2.46. The molecule has 0 aliphatic heterocycles. The molecule has 0 aliphatic rings. The van der Waals surface area contributed by atoms with Gasteiger partial charge in [0.15, 0.2) is 0 Å². The largest absolute Gasteiger partial charge is 0.342 e. The summed E-state index contributed by atoms with van der Waals surface area (Å²) in [5, 5.41) is 18.4. The molecule has 0 aliphatic carbocycles. The van der Waals surface area contributed by atoms with Crippen molar-refractivity contribution in [2.24, 2.45) is 0 Å². The fourth-order valence-electron chi connectivity index (χ4n) is 1.84. The maximum atomic E-state index is 9.11. The zero-order valence-electron chi connectivity index (χ0n) is 10.3. The van der Waals surface area contributed by atoms with Crippen molar-refractivity contribution in [1.29, 1.82) is 10.5 Å². The minimum Gasteiger partial charge on any atom is -0.342 e. The van der Waals surface area contributed by atoms with E-state index in [-0.39, 0.29) is 0 Å². The monoisotopic (exact) mass is 267 g/mol. The second-order valence-electron chi connectivity index (χ2n) is 3.97. The van der Waals surface area contributed by atoms with Crippen LogP contribution in [-0.4, -0.2) is 7.05 Å². The molecule has 2 aromatic rings. The van der Waals surface area contributed by atoms with Crippen molar-refractivity contribution in [2.45, 2.75) is 0 Å². The van der Waals surface area contributed by atoms with E-state index in [1.165, 1.54) is 0 Å². The van der Waals surface area contributed by atoms with E-state index in [1.54, 1.807) is 24.3 Å². The third-order valence-corrected chi connectivity index (χ3v) is 3.13. The summed E-state index contributed by atoms with van der Waals surface area (Å²) in [4.78, 5) is 1.84. The van der Waals surface area contributed by atoms with Crippen molar-refractivity contribution < 1.29 is 0 Å². The van der Waals surface area contributed by atoms with E-state index in [2.05, 4.69) is 6.07 Å². The highest BCUT2D eigenvalue weighted by Gasteiger charge is 2.12. The average molecular weight is 268 g/mol. The summed E-state index contributed by atoms with van der Waals surface area (Å²) in [6.45, 7) is 0. The maximum Gasteiger partial charge on any atom is 0.101 e. The fraction of sp³-hybridized carbons (Fsp3) is 0.0667. The Bertz CT molecular complexity index is 695. The number of benzene rings is 2. The lowest BCUT2D eigenvalue weighted by Gasteiger charge is -2.21. The van der Waals surface area contributed by atoms with Gasteiger partial charge in [0.1, 0.15) is 6.07 Å². The van der Waals surface area contributed by atoms with Gasteiger partial charge in [-0.05, 0) is 30.3 Å². The van der Waals surface area contributed by atoms with E-state index in [0.717, 1.165) is 11.4 Å². The zero-order chi connectivity index (χ0) is 13.8. The molecule has 0 bridgehead atoms. The van der Waals surface area contributed by atoms with Gasteiger partial charge in [0, 0.05) is 7.05 Å². The number of halogens is 1. The van der Waals surface area contributed by atoms with Crippen molar-refractivity contribution in [3.63, 3.8) is 0 Å². The van der Waals surface area contributed by atoms with Crippen molar-refractivity contribution in [2.75, 3.05) is 11.9 Å².